The Morgan fingerprint density at radius 2 is 1.94 bits per heavy atom. The van der Waals surface area contributed by atoms with E-state index in [1.54, 1.807) is 0 Å². The van der Waals surface area contributed by atoms with Gasteiger partial charge >= 0.3 is 0 Å². The van der Waals surface area contributed by atoms with Crippen molar-refractivity contribution in [2.75, 3.05) is 0 Å². The maximum atomic E-state index is 7.96. The summed E-state index contributed by atoms with van der Waals surface area (Å²) >= 11 is 0. The van der Waals surface area contributed by atoms with E-state index < -0.39 is 8.07 Å². The molecule has 0 N–H and O–H groups in total. The van der Waals surface area contributed by atoms with Crippen molar-refractivity contribution in [2.45, 2.75) is 38.4 Å². The fraction of sp³-hybridized carbons (Fsp3) is 0.467. The third kappa shape index (κ3) is 2.30. The molecule has 0 radical (unpaired) electrons. The number of allylic oxidation sites excluding steroid dienone is 2. The Labute approximate surface area is 102 Å². The summed E-state index contributed by atoms with van der Waals surface area (Å²) in [4.78, 5) is 0. The van der Waals surface area contributed by atoms with Gasteiger partial charge in [0, 0.05) is 0 Å². The lowest BCUT2D eigenvalue weighted by molar-refractivity contribution is 0.521. The molecule has 2 atom stereocenters. The van der Waals surface area contributed by atoms with E-state index in [0.29, 0.717) is 11.5 Å². The van der Waals surface area contributed by atoms with Crippen LogP contribution >= 0.6 is 0 Å². The fourth-order valence-electron chi connectivity index (χ4n) is 2.58. The van der Waals surface area contributed by atoms with Crippen LogP contribution in [0.3, 0.4) is 0 Å². The fourth-order valence-corrected chi connectivity index (χ4v) is 5.59. The van der Waals surface area contributed by atoms with Crippen LogP contribution in [0.25, 0.3) is 0 Å². The van der Waals surface area contributed by atoms with Gasteiger partial charge in [-0.3, -0.25) is 0 Å². The first-order valence-electron chi connectivity index (χ1n) is 6.73. The highest BCUT2D eigenvalue weighted by Crippen LogP contribution is 2.35. The molecule has 0 heterocycles. The Hall–Kier alpha value is -0.823. The van der Waals surface area contributed by atoms with Gasteiger partial charge in [0.15, 0.2) is 0 Å². The molecule has 0 saturated carbocycles. The van der Waals surface area contributed by atoms with Gasteiger partial charge in [0.2, 0.25) is 0 Å². The van der Waals surface area contributed by atoms with Gasteiger partial charge in [-0.2, -0.15) is 0 Å². The van der Waals surface area contributed by atoms with E-state index in [0.717, 1.165) is 12.5 Å². The molecule has 0 bridgehead atoms. The predicted octanol–water partition coefficient (Wildman–Crippen LogP) is 3.96. The Morgan fingerprint density at radius 3 is 2.56 bits per heavy atom. The van der Waals surface area contributed by atoms with Crippen LogP contribution in [0.1, 0.15) is 21.1 Å². The largest absolute Gasteiger partial charge is 0.0883 e. The molecule has 0 saturated heterocycles. The highest BCUT2D eigenvalue weighted by atomic mass is 28.3. The summed E-state index contributed by atoms with van der Waals surface area (Å²) in [5, 5.41) is 1.52. The maximum absolute atomic E-state index is 7.96. The van der Waals surface area contributed by atoms with E-state index in [2.05, 4.69) is 56.4 Å². The molecule has 16 heavy (non-hydrogen) atoms. The van der Waals surface area contributed by atoms with Crippen molar-refractivity contribution in [3.05, 3.63) is 42.5 Å². The molecule has 1 aliphatic carbocycles. The summed E-state index contributed by atoms with van der Waals surface area (Å²) in [6, 6.07) is 11.8. The van der Waals surface area contributed by atoms with E-state index in [4.69, 9.17) is 1.37 Å². The lowest BCUT2D eigenvalue weighted by atomic mass is 9.96. The van der Waals surface area contributed by atoms with Gasteiger partial charge in [0.05, 0.1) is 9.44 Å². The van der Waals surface area contributed by atoms with Crippen LogP contribution < -0.4 is 5.19 Å². The highest BCUT2D eigenvalue weighted by Gasteiger charge is 2.33. The molecule has 1 aromatic carbocycles. The molecule has 86 valence electrons. The van der Waals surface area contributed by atoms with Crippen LogP contribution in [0.15, 0.2) is 42.5 Å². The van der Waals surface area contributed by atoms with Crippen LogP contribution in [-0.4, -0.2) is 8.07 Å². The van der Waals surface area contributed by atoms with Crippen molar-refractivity contribution in [3.63, 3.8) is 0 Å². The van der Waals surface area contributed by atoms with Crippen LogP contribution in [0.2, 0.25) is 18.6 Å². The highest BCUT2D eigenvalue weighted by molar-refractivity contribution is 6.91. The lowest BCUT2D eigenvalue weighted by Gasteiger charge is -2.35. The van der Waals surface area contributed by atoms with Crippen molar-refractivity contribution in [1.29, 1.82) is 0 Å². The van der Waals surface area contributed by atoms with E-state index in [-0.39, 0.29) is 0 Å². The first-order chi connectivity index (χ1) is 8.00. The molecule has 2 rings (SSSR count). The average molecular weight is 231 g/mol. The molecule has 1 heteroatoms. The van der Waals surface area contributed by atoms with E-state index in [1.165, 1.54) is 11.6 Å². The van der Waals surface area contributed by atoms with E-state index in [1.807, 2.05) is 0 Å². The van der Waals surface area contributed by atoms with Crippen LogP contribution in [-0.2, 0) is 0 Å². The van der Waals surface area contributed by atoms with Crippen LogP contribution in [0.4, 0.5) is 0 Å². The average Bonchev–Trinajstić information content (AvgIpc) is 2.29. The predicted molar refractivity (Wildman–Crippen MR) is 74.8 cm³/mol. The summed E-state index contributed by atoms with van der Waals surface area (Å²) in [6.45, 7) is 7.16. The monoisotopic (exact) mass is 231 g/mol. The van der Waals surface area contributed by atoms with Gasteiger partial charge in [-0.1, -0.05) is 67.7 Å². The Balaban J connectivity index is 2.30. The minimum absolute atomic E-state index is 0.626. The standard InChI is InChI=1S/C15H22Si/c1-13-8-7-11-15(12-13)16(2,3)14-9-5-4-6-10-14/h4-7,9-11,13,15H,8,12H2,1-3H3/t13-,15-/m0/s1/i7D. The topological polar surface area (TPSA) is 0 Å². The summed E-state index contributed by atoms with van der Waals surface area (Å²) in [6.07, 6.45) is 4.46. The minimum Gasteiger partial charge on any atom is -0.0883 e. The molecule has 0 aliphatic heterocycles. The zero-order chi connectivity index (χ0) is 12.5. The quantitative estimate of drug-likeness (QED) is 0.534. The normalized spacial score (nSPS) is 27.2. The second kappa shape index (κ2) is 4.58. The van der Waals surface area contributed by atoms with Crippen molar-refractivity contribution < 1.29 is 1.37 Å². The molecule has 0 aromatic heterocycles. The molecule has 0 spiro atoms. The zero-order valence-corrected chi connectivity index (χ0v) is 11.5. The zero-order valence-electron chi connectivity index (χ0n) is 11.5. The van der Waals surface area contributed by atoms with Crippen LogP contribution in [0.5, 0.6) is 0 Å². The van der Waals surface area contributed by atoms with Crippen molar-refractivity contribution >= 4 is 13.3 Å². The van der Waals surface area contributed by atoms with Gasteiger partial charge in [0.25, 0.3) is 0 Å². The number of hydrogen-bond donors (Lipinski definition) is 0. The molecular weight excluding hydrogens is 208 g/mol. The van der Waals surface area contributed by atoms with Gasteiger partial charge in [-0.05, 0) is 24.3 Å². The second-order valence-corrected chi connectivity index (χ2v) is 10.4. The van der Waals surface area contributed by atoms with E-state index in [9.17, 15) is 0 Å². The Bertz CT molecular complexity index is 408. The minimum atomic E-state index is -1.46. The number of rotatable bonds is 2. The maximum Gasteiger partial charge on any atom is 0.0873 e. The van der Waals surface area contributed by atoms with Gasteiger partial charge in [0.1, 0.15) is 0 Å². The van der Waals surface area contributed by atoms with Crippen molar-refractivity contribution in [2.24, 2.45) is 5.92 Å². The van der Waals surface area contributed by atoms with Gasteiger partial charge in [-0.25, -0.2) is 0 Å². The molecular formula is C15H22Si. The first-order valence-corrected chi connectivity index (χ1v) is 9.30. The molecule has 0 amide bonds. The Morgan fingerprint density at radius 1 is 1.25 bits per heavy atom. The smallest absolute Gasteiger partial charge is 0.0873 e. The van der Waals surface area contributed by atoms with Gasteiger partial charge < -0.3 is 0 Å². The second-order valence-electron chi connectivity index (χ2n) is 5.61. The third-order valence-corrected chi connectivity index (χ3v) is 7.96. The van der Waals surface area contributed by atoms with Crippen molar-refractivity contribution in [3.8, 4) is 0 Å². The van der Waals surface area contributed by atoms with Gasteiger partial charge in [-0.15, -0.1) is 0 Å². The molecule has 0 fully saturated rings. The SMILES string of the molecule is [2H]C1=C[C@H]([Si](C)(C)c2ccccc2)C[C@@H](C)C1. The van der Waals surface area contributed by atoms with Crippen LogP contribution in [0, 0.1) is 5.92 Å². The molecule has 1 aliphatic rings. The summed E-state index contributed by atoms with van der Waals surface area (Å²) in [7, 11) is -1.46. The number of hydrogen-bond acceptors (Lipinski definition) is 0. The number of benzene rings is 1. The van der Waals surface area contributed by atoms with E-state index >= 15 is 0 Å². The summed E-state index contributed by atoms with van der Waals surface area (Å²) < 4.78 is 7.96. The third-order valence-electron chi connectivity index (χ3n) is 3.89. The summed E-state index contributed by atoms with van der Waals surface area (Å²) in [5.74, 6) is 0.674. The Kier molecular flexibility index (Phi) is 2.96. The lowest BCUT2D eigenvalue weighted by Crippen LogP contribution is -2.46. The molecule has 0 nitrogen and oxygen atoms in total. The van der Waals surface area contributed by atoms with Crippen molar-refractivity contribution in [1.82, 2.24) is 0 Å². The summed E-state index contributed by atoms with van der Waals surface area (Å²) in [5.41, 5.74) is 0.626. The first kappa shape index (κ1) is 10.3. The molecule has 0 unspecified atom stereocenters. The molecule has 1 aromatic rings.